The molecule has 4 nitrogen and oxygen atoms in total. The smallest absolute Gasteiger partial charge is 0.252 e. The summed E-state index contributed by atoms with van der Waals surface area (Å²) in [6.45, 7) is 0.301. The largest absolute Gasteiger partial charge is 0.354 e. The van der Waals surface area contributed by atoms with Crippen LogP contribution in [0.2, 0.25) is 0 Å². The topological polar surface area (TPSA) is 47.6 Å². The van der Waals surface area contributed by atoms with Gasteiger partial charge in [-0.3, -0.25) is 4.79 Å². The van der Waals surface area contributed by atoms with Crippen LogP contribution in [0.5, 0.6) is 0 Å². The average molecular weight is 285 g/mol. The summed E-state index contributed by atoms with van der Waals surface area (Å²) in [6.07, 6.45) is -0.446. The third-order valence-electron chi connectivity index (χ3n) is 3.21. The Bertz CT molecular complexity index is 580. The molecule has 0 radical (unpaired) electrons. The van der Waals surface area contributed by atoms with Gasteiger partial charge in [-0.15, -0.1) is 0 Å². The highest BCUT2D eigenvalue weighted by molar-refractivity contribution is 6.00. The van der Waals surface area contributed by atoms with Crippen LogP contribution >= 0.6 is 0 Å². The number of nitrogens with one attached hydrogen (secondary N) is 1. The second kappa shape index (κ2) is 7.57. The molecule has 0 spiro atoms. The maximum absolute atomic E-state index is 12.4. The van der Waals surface area contributed by atoms with Crippen LogP contribution in [0, 0.1) is 0 Å². The van der Waals surface area contributed by atoms with Gasteiger partial charge in [0.1, 0.15) is 0 Å². The van der Waals surface area contributed by atoms with Gasteiger partial charge in [0.2, 0.25) is 0 Å². The van der Waals surface area contributed by atoms with Crippen LogP contribution in [0.3, 0.4) is 0 Å². The fourth-order valence-electron chi connectivity index (χ4n) is 2.08. The first kappa shape index (κ1) is 15.2. The molecule has 4 heteroatoms. The predicted molar refractivity (Wildman–Crippen MR) is 82.0 cm³/mol. The van der Waals surface area contributed by atoms with E-state index in [0.717, 1.165) is 11.1 Å². The van der Waals surface area contributed by atoms with Crippen LogP contribution in [0.25, 0.3) is 11.1 Å². The van der Waals surface area contributed by atoms with Crippen molar-refractivity contribution in [2.45, 2.75) is 6.29 Å². The van der Waals surface area contributed by atoms with Crippen molar-refractivity contribution >= 4 is 5.91 Å². The number of carbonyl (C=O) groups is 1. The lowest BCUT2D eigenvalue weighted by molar-refractivity contribution is -0.0974. The Morgan fingerprint density at radius 1 is 1.00 bits per heavy atom. The summed E-state index contributed by atoms with van der Waals surface area (Å²) in [5.41, 5.74) is 2.55. The zero-order valence-electron chi connectivity index (χ0n) is 12.2. The van der Waals surface area contributed by atoms with Crippen molar-refractivity contribution in [3.8, 4) is 11.1 Å². The highest BCUT2D eigenvalue weighted by Crippen LogP contribution is 2.23. The van der Waals surface area contributed by atoms with Crippen molar-refractivity contribution in [3.63, 3.8) is 0 Å². The molecule has 0 bridgehead atoms. The Kier molecular flexibility index (Phi) is 5.49. The highest BCUT2D eigenvalue weighted by Gasteiger charge is 2.13. The van der Waals surface area contributed by atoms with Gasteiger partial charge >= 0.3 is 0 Å². The SMILES string of the molecule is COC(CNC(=O)c1ccccc1-c1ccccc1)OC. The van der Waals surface area contributed by atoms with Crippen LogP contribution in [0.1, 0.15) is 10.4 Å². The van der Waals surface area contributed by atoms with Crippen LogP contribution in [0.15, 0.2) is 54.6 Å². The molecule has 0 aliphatic heterocycles. The Labute approximate surface area is 124 Å². The average Bonchev–Trinajstić information content (AvgIpc) is 2.56. The maximum atomic E-state index is 12.4. The molecule has 2 rings (SSSR count). The fourth-order valence-corrected chi connectivity index (χ4v) is 2.08. The van der Waals surface area contributed by atoms with E-state index < -0.39 is 6.29 Å². The van der Waals surface area contributed by atoms with Crippen LogP contribution in [0.4, 0.5) is 0 Å². The minimum absolute atomic E-state index is 0.145. The van der Waals surface area contributed by atoms with Gasteiger partial charge in [0, 0.05) is 19.8 Å². The molecule has 0 saturated carbocycles. The monoisotopic (exact) mass is 285 g/mol. The molecule has 1 amide bonds. The van der Waals surface area contributed by atoms with Crippen LogP contribution < -0.4 is 5.32 Å². The van der Waals surface area contributed by atoms with E-state index in [9.17, 15) is 4.79 Å². The zero-order valence-corrected chi connectivity index (χ0v) is 12.2. The van der Waals surface area contributed by atoms with Crippen molar-refractivity contribution in [1.29, 1.82) is 0 Å². The van der Waals surface area contributed by atoms with Gasteiger partial charge in [0.05, 0.1) is 6.54 Å². The molecule has 0 aromatic heterocycles. The van der Waals surface area contributed by atoms with E-state index in [1.54, 1.807) is 0 Å². The first-order valence-corrected chi connectivity index (χ1v) is 6.74. The van der Waals surface area contributed by atoms with Crippen molar-refractivity contribution in [2.75, 3.05) is 20.8 Å². The van der Waals surface area contributed by atoms with Gasteiger partial charge in [-0.05, 0) is 17.2 Å². The van der Waals surface area contributed by atoms with E-state index >= 15 is 0 Å². The fraction of sp³-hybridized carbons (Fsp3) is 0.235. The van der Waals surface area contributed by atoms with Gasteiger partial charge in [-0.2, -0.15) is 0 Å². The molecule has 0 unspecified atom stereocenters. The highest BCUT2D eigenvalue weighted by atomic mass is 16.7. The number of hydrogen-bond donors (Lipinski definition) is 1. The number of carbonyl (C=O) groups excluding carboxylic acids is 1. The van der Waals surface area contributed by atoms with Gasteiger partial charge in [-0.1, -0.05) is 48.5 Å². The number of methoxy groups -OCH3 is 2. The molecule has 21 heavy (non-hydrogen) atoms. The number of benzene rings is 2. The van der Waals surface area contributed by atoms with Crippen molar-refractivity contribution in [1.82, 2.24) is 5.32 Å². The third-order valence-corrected chi connectivity index (χ3v) is 3.21. The summed E-state index contributed by atoms with van der Waals surface area (Å²) in [4.78, 5) is 12.4. The molecule has 0 saturated heterocycles. The second-order valence-corrected chi connectivity index (χ2v) is 4.52. The normalized spacial score (nSPS) is 10.6. The first-order chi connectivity index (χ1) is 10.3. The third kappa shape index (κ3) is 3.90. The number of rotatable bonds is 6. The Morgan fingerprint density at radius 2 is 1.62 bits per heavy atom. The molecule has 0 aliphatic carbocycles. The maximum Gasteiger partial charge on any atom is 0.252 e. The molecule has 0 atom stereocenters. The standard InChI is InChI=1S/C17H19NO3/c1-20-16(21-2)12-18-17(19)15-11-7-6-10-14(15)13-8-4-3-5-9-13/h3-11,16H,12H2,1-2H3,(H,18,19). The molecule has 0 heterocycles. The first-order valence-electron chi connectivity index (χ1n) is 6.74. The van der Waals surface area contributed by atoms with Gasteiger partial charge in [0.15, 0.2) is 6.29 Å². The van der Waals surface area contributed by atoms with E-state index in [1.165, 1.54) is 14.2 Å². The summed E-state index contributed by atoms with van der Waals surface area (Å²) in [7, 11) is 3.08. The Balaban J connectivity index is 2.18. The van der Waals surface area contributed by atoms with E-state index in [0.29, 0.717) is 12.1 Å². The molecular formula is C17H19NO3. The zero-order chi connectivity index (χ0) is 15.1. The van der Waals surface area contributed by atoms with Crippen LogP contribution in [-0.2, 0) is 9.47 Å². The molecule has 0 fully saturated rings. The summed E-state index contributed by atoms with van der Waals surface area (Å²) >= 11 is 0. The minimum Gasteiger partial charge on any atom is -0.354 e. The Morgan fingerprint density at radius 3 is 2.29 bits per heavy atom. The Hall–Kier alpha value is -2.17. The van der Waals surface area contributed by atoms with Crippen molar-refractivity contribution in [2.24, 2.45) is 0 Å². The van der Waals surface area contributed by atoms with E-state index in [-0.39, 0.29) is 5.91 Å². The minimum atomic E-state index is -0.446. The molecule has 110 valence electrons. The van der Waals surface area contributed by atoms with E-state index in [2.05, 4.69) is 5.32 Å². The summed E-state index contributed by atoms with van der Waals surface area (Å²) in [5.74, 6) is -0.145. The van der Waals surface area contributed by atoms with Crippen LogP contribution in [-0.4, -0.2) is 33.0 Å². The van der Waals surface area contributed by atoms with Gasteiger partial charge in [0.25, 0.3) is 5.91 Å². The molecule has 2 aromatic carbocycles. The van der Waals surface area contributed by atoms with Gasteiger partial charge < -0.3 is 14.8 Å². The number of hydrogen-bond acceptors (Lipinski definition) is 3. The van der Waals surface area contributed by atoms with E-state index in [1.807, 2.05) is 54.6 Å². The molecule has 1 N–H and O–H groups in total. The van der Waals surface area contributed by atoms with Gasteiger partial charge in [-0.25, -0.2) is 0 Å². The van der Waals surface area contributed by atoms with Crippen molar-refractivity contribution < 1.29 is 14.3 Å². The second-order valence-electron chi connectivity index (χ2n) is 4.52. The number of amides is 1. The molecule has 2 aromatic rings. The van der Waals surface area contributed by atoms with Crippen molar-refractivity contribution in [3.05, 3.63) is 60.2 Å². The van der Waals surface area contributed by atoms with E-state index in [4.69, 9.17) is 9.47 Å². The lowest BCUT2D eigenvalue weighted by Gasteiger charge is -2.15. The quantitative estimate of drug-likeness (QED) is 0.830. The summed E-state index contributed by atoms with van der Waals surface area (Å²) < 4.78 is 10.1. The lowest BCUT2D eigenvalue weighted by atomic mass is 9.99. The number of ether oxygens (including phenoxy) is 2. The summed E-state index contributed by atoms with van der Waals surface area (Å²) in [5, 5.41) is 2.82. The predicted octanol–water partition coefficient (Wildman–Crippen LogP) is 2.70. The lowest BCUT2D eigenvalue weighted by Crippen LogP contribution is -2.34. The molecular weight excluding hydrogens is 266 g/mol. The molecule has 0 aliphatic rings. The summed E-state index contributed by atoms with van der Waals surface area (Å²) in [6, 6.07) is 17.4.